The van der Waals surface area contributed by atoms with Crippen LogP contribution in [0, 0.1) is 22.9 Å². The first-order chi connectivity index (χ1) is 9.47. The van der Waals surface area contributed by atoms with Crippen LogP contribution in [0.3, 0.4) is 0 Å². The first-order valence-electron chi connectivity index (χ1n) is 6.06. The summed E-state index contributed by atoms with van der Waals surface area (Å²) in [5, 5.41) is 14.9. The van der Waals surface area contributed by atoms with Crippen molar-refractivity contribution in [1.29, 1.82) is 0 Å². The van der Waals surface area contributed by atoms with Gasteiger partial charge in [0, 0.05) is 29.2 Å². The molecule has 0 aliphatic carbocycles. The number of thiazole rings is 1. The number of nitrogens with one attached hydrogen (secondary N) is 1. The van der Waals surface area contributed by atoms with E-state index in [4.69, 9.17) is 0 Å². The fourth-order valence-corrected chi connectivity index (χ4v) is 2.60. The Morgan fingerprint density at radius 2 is 2.30 bits per heavy atom. The van der Waals surface area contributed by atoms with Gasteiger partial charge in [0.25, 0.3) is 5.69 Å². The molecule has 0 fully saturated rings. The van der Waals surface area contributed by atoms with Gasteiger partial charge < -0.3 is 5.32 Å². The predicted octanol–water partition coefficient (Wildman–Crippen LogP) is 3.35. The van der Waals surface area contributed by atoms with Gasteiger partial charge in [-0.25, -0.2) is 9.37 Å². The number of nitro benzene ring substituents is 1. The molecule has 0 saturated heterocycles. The Labute approximate surface area is 119 Å². The van der Waals surface area contributed by atoms with Crippen molar-refractivity contribution in [1.82, 2.24) is 10.3 Å². The number of aromatic nitrogens is 1. The molecule has 7 heteroatoms. The van der Waals surface area contributed by atoms with Crippen molar-refractivity contribution in [2.75, 3.05) is 0 Å². The zero-order valence-corrected chi connectivity index (χ0v) is 11.9. The highest BCUT2D eigenvalue weighted by Gasteiger charge is 2.16. The third-order valence-corrected chi connectivity index (χ3v) is 3.94. The molecular formula is C13H14FN3O2S. The van der Waals surface area contributed by atoms with Crippen LogP contribution in [-0.4, -0.2) is 9.91 Å². The molecule has 1 N–H and O–H groups in total. The van der Waals surface area contributed by atoms with E-state index in [1.807, 2.05) is 13.8 Å². The first kappa shape index (κ1) is 14.5. The van der Waals surface area contributed by atoms with Gasteiger partial charge in [-0.05, 0) is 26.0 Å². The second kappa shape index (κ2) is 6.06. The molecule has 1 heterocycles. The van der Waals surface area contributed by atoms with Crippen molar-refractivity contribution in [2.24, 2.45) is 0 Å². The molecule has 1 aromatic heterocycles. The Bertz CT molecular complexity index is 630. The van der Waals surface area contributed by atoms with E-state index in [2.05, 4.69) is 10.3 Å². The summed E-state index contributed by atoms with van der Waals surface area (Å²) < 4.78 is 13.2. The van der Waals surface area contributed by atoms with E-state index in [0.717, 1.165) is 16.0 Å². The summed E-state index contributed by atoms with van der Waals surface area (Å²) in [5.41, 5.74) is 0.247. The molecule has 0 saturated carbocycles. The highest BCUT2D eigenvalue weighted by molar-refractivity contribution is 7.11. The van der Waals surface area contributed by atoms with Crippen LogP contribution in [0.4, 0.5) is 10.1 Å². The SMILES string of the molecule is Cc1cnc(C(C)NCc2cc(F)ccc2[N+](=O)[O-])s1. The number of benzene rings is 1. The lowest BCUT2D eigenvalue weighted by Gasteiger charge is -2.11. The molecule has 0 amide bonds. The van der Waals surface area contributed by atoms with Crippen molar-refractivity contribution >= 4 is 17.0 Å². The third kappa shape index (κ3) is 3.37. The third-order valence-electron chi connectivity index (χ3n) is 2.85. The van der Waals surface area contributed by atoms with E-state index >= 15 is 0 Å². The Kier molecular flexibility index (Phi) is 4.41. The van der Waals surface area contributed by atoms with Gasteiger partial charge in [0.15, 0.2) is 0 Å². The largest absolute Gasteiger partial charge is 0.304 e. The van der Waals surface area contributed by atoms with E-state index in [0.29, 0.717) is 5.56 Å². The Morgan fingerprint density at radius 3 is 2.90 bits per heavy atom. The number of hydrogen-bond donors (Lipinski definition) is 1. The summed E-state index contributed by atoms with van der Waals surface area (Å²) in [6.45, 7) is 4.10. The van der Waals surface area contributed by atoms with Gasteiger partial charge >= 0.3 is 0 Å². The zero-order valence-electron chi connectivity index (χ0n) is 11.1. The minimum atomic E-state index is -0.505. The molecule has 0 aliphatic heterocycles. The number of rotatable bonds is 5. The standard InChI is InChI=1S/C13H14FN3O2S/c1-8-6-16-13(20-8)9(2)15-7-10-5-11(14)3-4-12(10)17(18)19/h3-6,9,15H,7H2,1-2H3. The zero-order chi connectivity index (χ0) is 14.7. The maximum absolute atomic E-state index is 13.2. The van der Waals surface area contributed by atoms with E-state index < -0.39 is 10.7 Å². The van der Waals surface area contributed by atoms with Crippen molar-refractivity contribution in [3.05, 3.63) is 55.8 Å². The lowest BCUT2D eigenvalue weighted by molar-refractivity contribution is -0.385. The fraction of sp³-hybridized carbons (Fsp3) is 0.308. The molecule has 2 rings (SSSR count). The van der Waals surface area contributed by atoms with Crippen molar-refractivity contribution in [3.63, 3.8) is 0 Å². The summed E-state index contributed by atoms with van der Waals surface area (Å²) >= 11 is 1.56. The number of halogens is 1. The average Bonchev–Trinajstić information content (AvgIpc) is 2.82. The highest BCUT2D eigenvalue weighted by Crippen LogP contribution is 2.22. The van der Waals surface area contributed by atoms with Crippen LogP contribution < -0.4 is 5.32 Å². The summed E-state index contributed by atoms with van der Waals surface area (Å²) in [4.78, 5) is 15.7. The second-order valence-corrected chi connectivity index (χ2v) is 5.71. The minimum absolute atomic E-state index is 0.0448. The van der Waals surface area contributed by atoms with Crippen molar-refractivity contribution in [2.45, 2.75) is 26.4 Å². The molecule has 106 valence electrons. The maximum Gasteiger partial charge on any atom is 0.274 e. The van der Waals surface area contributed by atoms with Crippen LogP contribution >= 0.6 is 11.3 Å². The van der Waals surface area contributed by atoms with Crippen molar-refractivity contribution < 1.29 is 9.31 Å². The topological polar surface area (TPSA) is 68.1 Å². The smallest absolute Gasteiger partial charge is 0.274 e. The lowest BCUT2D eigenvalue weighted by atomic mass is 10.1. The summed E-state index contributed by atoms with van der Waals surface area (Å²) in [6, 6.07) is 3.42. The first-order valence-corrected chi connectivity index (χ1v) is 6.87. The average molecular weight is 295 g/mol. The van der Waals surface area contributed by atoms with E-state index in [9.17, 15) is 14.5 Å². The molecule has 5 nitrogen and oxygen atoms in total. The Morgan fingerprint density at radius 1 is 1.55 bits per heavy atom. The van der Waals surface area contributed by atoms with Crippen LogP contribution in [-0.2, 0) is 6.54 Å². The number of aryl methyl sites for hydroxylation is 1. The van der Waals surface area contributed by atoms with Gasteiger partial charge in [-0.2, -0.15) is 0 Å². The lowest BCUT2D eigenvalue weighted by Crippen LogP contribution is -2.18. The molecule has 1 unspecified atom stereocenters. The van der Waals surface area contributed by atoms with E-state index in [1.54, 1.807) is 17.5 Å². The number of hydrogen-bond acceptors (Lipinski definition) is 5. The monoisotopic (exact) mass is 295 g/mol. The van der Waals surface area contributed by atoms with Gasteiger partial charge in [0.05, 0.1) is 11.0 Å². The number of nitro groups is 1. The molecule has 0 spiro atoms. The molecule has 0 radical (unpaired) electrons. The molecule has 0 bridgehead atoms. The maximum atomic E-state index is 13.2. The van der Waals surface area contributed by atoms with Crippen LogP contribution in [0.25, 0.3) is 0 Å². The molecule has 1 aromatic carbocycles. The fourth-order valence-electron chi connectivity index (χ4n) is 1.80. The van der Waals surface area contributed by atoms with Crippen LogP contribution in [0.2, 0.25) is 0 Å². The molecule has 0 aliphatic rings. The number of nitrogens with zero attached hydrogens (tertiary/aromatic N) is 2. The van der Waals surface area contributed by atoms with Gasteiger partial charge in [-0.1, -0.05) is 0 Å². The highest BCUT2D eigenvalue weighted by atomic mass is 32.1. The molecular weight excluding hydrogens is 281 g/mol. The molecule has 2 aromatic rings. The summed E-state index contributed by atoms with van der Waals surface area (Å²) in [7, 11) is 0. The quantitative estimate of drug-likeness (QED) is 0.678. The van der Waals surface area contributed by atoms with Gasteiger partial charge in [0.1, 0.15) is 10.8 Å². The van der Waals surface area contributed by atoms with Crippen molar-refractivity contribution in [3.8, 4) is 0 Å². The van der Waals surface area contributed by atoms with Crippen LogP contribution in [0.15, 0.2) is 24.4 Å². The summed E-state index contributed by atoms with van der Waals surface area (Å²) in [5.74, 6) is -0.481. The summed E-state index contributed by atoms with van der Waals surface area (Å²) in [6.07, 6.45) is 1.78. The predicted molar refractivity (Wildman–Crippen MR) is 75.2 cm³/mol. The van der Waals surface area contributed by atoms with Gasteiger partial charge in [-0.15, -0.1) is 11.3 Å². The molecule has 20 heavy (non-hydrogen) atoms. The Hall–Kier alpha value is -1.86. The normalized spacial score (nSPS) is 12.3. The van der Waals surface area contributed by atoms with Crippen LogP contribution in [0.5, 0.6) is 0 Å². The van der Waals surface area contributed by atoms with Gasteiger partial charge in [-0.3, -0.25) is 10.1 Å². The minimum Gasteiger partial charge on any atom is -0.304 e. The second-order valence-electron chi connectivity index (χ2n) is 4.44. The van der Waals surface area contributed by atoms with E-state index in [-0.39, 0.29) is 18.3 Å². The van der Waals surface area contributed by atoms with E-state index in [1.165, 1.54) is 12.1 Å². The molecule has 1 atom stereocenters. The van der Waals surface area contributed by atoms with Crippen LogP contribution in [0.1, 0.15) is 28.4 Å². The Balaban J connectivity index is 2.10. The van der Waals surface area contributed by atoms with Gasteiger partial charge in [0.2, 0.25) is 0 Å².